The lowest BCUT2D eigenvalue weighted by Gasteiger charge is -2.35. The molecule has 0 spiro atoms. The van der Waals surface area contributed by atoms with Gasteiger partial charge in [-0.3, -0.25) is 4.79 Å². The van der Waals surface area contributed by atoms with Crippen LogP contribution in [0.4, 0.5) is 11.6 Å². The lowest BCUT2D eigenvalue weighted by Crippen LogP contribution is -2.47. The summed E-state index contributed by atoms with van der Waals surface area (Å²) in [7, 11) is 3.23. The summed E-state index contributed by atoms with van der Waals surface area (Å²) in [5.41, 5.74) is 0.755. The second kappa shape index (κ2) is 6.00. The first-order valence-corrected chi connectivity index (χ1v) is 7.07. The van der Waals surface area contributed by atoms with Gasteiger partial charge in [-0.25, -0.2) is 9.67 Å². The summed E-state index contributed by atoms with van der Waals surface area (Å²) in [4.78, 5) is 24.5. The normalized spacial score (nSPS) is 15.0. The molecule has 1 aliphatic rings. The van der Waals surface area contributed by atoms with Crippen LogP contribution in [0.1, 0.15) is 0 Å². The number of piperazine rings is 1. The smallest absolute Gasteiger partial charge is 0.268 e. The van der Waals surface area contributed by atoms with Gasteiger partial charge in [-0.15, -0.1) is 0 Å². The van der Waals surface area contributed by atoms with Crippen molar-refractivity contribution in [2.24, 2.45) is 7.05 Å². The van der Waals surface area contributed by atoms with Crippen molar-refractivity contribution in [1.29, 1.82) is 0 Å². The number of aromatic nitrogens is 4. The van der Waals surface area contributed by atoms with Gasteiger partial charge in [0.05, 0.1) is 19.0 Å². The Balaban J connectivity index is 1.69. The van der Waals surface area contributed by atoms with Gasteiger partial charge in [-0.05, 0) is 0 Å². The third-order valence-corrected chi connectivity index (χ3v) is 3.71. The van der Waals surface area contributed by atoms with Gasteiger partial charge in [-0.1, -0.05) is 0 Å². The van der Waals surface area contributed by atoms with Crippen LogP contribution in [0.25, 0.3) is 0 Å². The molecule has 1 saturated heterocycles. The number of aryl methyl sites for hydroxylation is 1. The molecule has 0 amide bonds. The molecule has 8 nitrogen and oxygen atoms in total. The van der Waals surface area contributed by atoms with Gasteiger partial charge in [0, 0.05) is 51.6 Å². The van der Waals surface area contributed by atoms with Crippen LogP contribution < -0.4 is 20.1 Å². The summed E-state index contributed by atoms with van der Waals surface area (Å²) >= 11 is 0. The van der Waals surface area contributed by atoms with Gasteiger partial charge in [0.25, 0.3) is 5.56 Å². The predicted molar refractivity (Wildman–Crippen MR) is 82.5 cm³/mol. The molecule has 0 unspecified atom stereocenters. The van der Waals surface area contributed by atoms with Crippen LogP contribution in [-0.4, -0.2) is 53.0 Å². The fraction of sp³-hybridized carbons (Fsp3) is 0.429. The van der Waals surface area contributed by atoms with E-state index < -0.39 is 0 Å². The van der Waals surface area contributed by atoms with E-state index in [9.17, 15) is 4.79 Å². The van der Waals surface area contributed by atoms with Crippen molar-refractivity contribution in [3.63, 3.8) is 0 Å². The summed E-state index contributed by atoms with van der Waals surface area (Å²) in [5.74, 6) is 1.23. The first-order valence-electron chi connectivity index (χ1n) is 7.07. The maximum atomic E-state index is 11.7. The van der Waals surface area contributed by atoms with E-state index in [-0.39, 0.29) is 5.56 Å². The van der Waals surface area contributed by atoms with Crippen molar-refractivity contribution >= 4 is 11.6 Å². The fourth-order valence-electron chi connectivity index (χ4n) is 2.40. The number of rotatable bonds is 3. The first-order chi connectivity index (χ1) is 10.7. The highest BCUT2D eigenvalue weighted by atomic mass is 16.5. The van der Waals surface area contributed by atoms with Crippen LogP contribution in [0.2, 0.25) is 0 Å². The van der Waals surface area contributed by atoms with Crippen LogP contribution in [0, 0.1) is 0 Å². The molecule has 0 atom stereocenters. The summed E-state index contributed by atoms with van der Waals surface area (Å²) < 4.78 is 6.45. The van der Waals surface area contributed by atoms with E-state index in [1.54, 1.807) is 38.7 Å². The van der Waals surface area contributed by atoms with E-state index in [0.29, 0.717) is 11.8 Å². The van der Waals surface area contributed by atoms with Crippen molar-refractivity contribution in [1.82, 2.24) is 19.7 Å². The van der Waals surface area contributed by atoms with Gasteiger partial charge in [0.15, 0.2) is 0 Å². The van der Waals surface area contributed by atoms with Crippen LogP contribution in [0.15, 0.2) is 29.3 Å². The molecule has 0 saturated carbocycles. The van der Waals surface area contributed by atoms with Crippen molar-refractivity contribution in [2.75, 3.05) is 43.1 Å². The molecule has 116 valence electrons. The van der Waals surface area contributed by atoms with Crippen LogP contribution in [0.3, 0.4) is 0 Å². The molecule has 0 bridgehead atoms. The van der Waals surface area contributed by atoms with E-state index in [1.165, 1.54) is 4.68 Å². The minimum atomic E-state index is -0.101. The number of ether oxygens (including phenoxy) is 1. The van der Waals surface area contributed by atoms with Gasteiger partial charge in [0.2, 0.25) is 11.8 Å². The number of nitrogens with zero attached hydrogens (tertiary/aromatic N) is 6. The molecular weight excluding hydrogens is 284 g/mol. The highest BCUT2D eigenvalue weighted by Crippen LogP contribution is 2.17. The van der Waals surface area contributed by atoms with Crippen molar-refractivity contribution < 1.29 is 4.74 Å². The average molecular weight is 302 g/mol. The molecule has 0 aromatic carbocycles. The highest BCUT2D eigenvalue weighted by molar-refractivity contribution is 5.45. The summed E-state index contributed by atoms with van der Waals surface area (Å²) in [6, 6.07) is 3.34. The van der Waals surface area contributed by atoms with Crippen molar-refractivity contribution in [3.05, 3.63) is 34.9 Å². The Morgan fingerprint density at radius 1 is 1.18 bits per heavy atom. The van der Waals surface area contributed by atoms with Gasteiger partial charge >= 0.3 is 0 Å². The maximum Gasteiger partial charge on any atom is 0.268 e. The Kier molecular flexibility index (Phi) is 3.90. The minimum absolute atomic E-state index is 0.101. The third kappa shape index (κ3) is 2.85. The maximum absolute atomic E-state index is 11.7. The Morgan fingerprint density at radius 3 is 2.59 bits per heavy atom. The van der Waals surface area contributed by atoms with Crippen molar-refractivity contribution in [3.8, 4) is 5.88 Å². The molecule has 0 N–H and O–H groups in total. The zero-order valence-electron chi connectivity index (χ0n) is 12.6. The SMILES string of the molecule is COc1ccnc(N2CCN(c3cnn(C)c(=O)c3)CC2)n1. The molecule has 8 heteroatoms. The zero-order chi connectivity index (χ0) is 15.5. The fourth-order valence-corrected chi connectivity index (χ4v) is 2.40. The Morgan fingerprint density at radius 2 is 1.91 bits per heavy atom. The zero-order valence-corrected chi connectivity index (χ0v) is 12.6. The van der Waals surface area contributed by atoms with E-state index in [0.717, 1.165) is 31.9 Å². The lowest BCUT2D eigenvalue weighted by molar-refractivity contribution is 0.396. The molecule has 0 radical (unpaired) electrons. The summed E-state index contributed by atoms with van der Waals surface area (Å²) in [6.45, 7) is 3.13. The topological polar surface area (TPSA) is 76.4 Å². The second-order valence-corrected chi connectivity index (χ2v) is 5.05. The molecule has 2 aromatic heterocycles. The molecular formula is C14H18N6O2. The van der Waals surface area contributed by atoms with E-state index >= 15 is 0 Å². The third-order valence-electron chi connectivity index (χ3n) is 3.71. The Hall–Kier alpha value is -2.64. The quantitative estimate of drug-likeness (QED) is 0.784. The van der Waals surface area contributed by atoms with Crippen LogP contribution in [0.5, 0.6) is 5.88 Å². The van der Waals surface area contributed by atoms with Crippen LogP contribution >= 0.6 is 0 Å². The highest BCUT2D eigenvalue weighted by Gasteiger charge is 2.20. The van der Waals surface area contributed by atoms with Gasteiger partial charge < -0.3 is 14.5 Å². The molecule has 22 heavy (non-hydrogen) atoms. The second-order valence-electron chi connectivity index (χ2n) is 5.05. The molecule has 1 fully saturated rings. The number of anilines is 2. The summed E-state index contributed by atoms with van der Waals surface area (Å²) in [6.07, 6.45) is 3.41. The number of hydrogen-bond donors (Lipinski definition) is 0. The van der Waals surface area contributed by atoms with E-state index in [1.807, 2.05) is 0 Å². The molecule has 0 aliphatic carbocycles. The lowest BCUT2D eigenvalue weighted by atomic mass is 10.3. The molecule has 3 heterocycles. The van der Waals surface area contributed by atoms with Crippen LogP contribution in [-0.2, 0) is 7.05 Å². The molecule has 1 aliphatic heterocycles. The van der Waals surface area contributed by atoms with E-state index in [4.69, 9.17) is 4.74 Å². The summed E-state index contributed by atoms with van der Waals surface area (Å²) in [5, 5.41) is 4.06. The van der Waals surface area contributed by atoms with Gasteiger partial charge in [-0.2, -0.15) is 10.1 Å². The minimum Gasteiger partial charge on any atom is -0.481 e. The van der Waals surface area contributed by atoms with Crippen molar-refractivity contribution in [2.45, 2.75) is 0 Å². The first kappa shape index (κ1) is 14.3. The predicted octanol–water partition coefficient (Wildman–Crippen LogP) is -0.0945. The number of methoxy groups -OCH3 is 1. The average Bonchev–Trinajstić information content (AvgIpc) is 2.57. The molecule has 3 rings (SSSR count). The Labute approximate surface area is 128 Å². The largest absolute Gasteiger partial charge is 0.481 e. The van der Waals surface area contributed by atoms with Gasteiger partial charge in [0.1, 0.15) is 0 Å². The molecule has 2 aromatic rings. The van der Waals surface area contributed by atoms with E-state index in [2.05, 4.69) is 24.9 Å². The Bertz CT molecular complexity index is 708. The standard InChI is InChI=1S/C14H18N6O2/c1-18-13(21)9-11(10-16-18)19-5-7-20(8-6-19)14-15-4-3-12(17-14)22-2/h3-4,9-10H,5-8H2,1-2H3. The monoisotopic (exact) mass is 302 g/mol. The number of hydrogen-bond acceptors (Lipinski definition) is 7.